The monoisotopic (exact) mass is 254 g/mol. The lowest BCUT2D eigenvalue weighted by molar-refractivity contribution is 0.0963. The molecule has 1 heterocycles. The number of fused-ring (bicyclic) bond motifs is 1. The Kier molecular flexibility index (Phi) is 2.80. The summed E-state index contributed by atoms with van der Waals surface area (Å²) in [7, 11) is 0. The molecule has 0 amide bonds. The normalized spacial score (nSPS) is 14.5. The molecule has 3 rings (SSSR count). The maximum atomic E-state index is 12.2. The smallest absolute Gasteiger partial charge is 0.186 e. The van der Waals surface area contributed by atoms with Crippen molar-refractivity contribution >= 4 is 16.7 Å². The van der Waals surface area contributed by atoms with Crippen LogP contribution in [0.4, 0.5) is 0 Å². The van der Waals surface area contributed by atoms with Gasteiger partial charge in [-0.15, -0.1) is 0 Å². The molecule has 0 atom stereocenters. The van der Waals surface area contributed by atoms with Gasteiger partial charge in [-0.05, 0) is 18.4 Å². The number of para-hydroxylation sites is 1. The van der Waals surface area contributed by atoms with E-state index in [-0.39, 0.29) is 18.2 Å². The highest BCUT2D eigenvalue weighted by Gasteiger charge is 2.33. The standard InChI is InChI=1S/C14H14N4O/c15-6-7-18-13-10(8-16)2-1-3-11(13)12(17-18)14(19)9-4-5-9/h1-3,9H,4-5,7-8,16H2. The molecule has 1 aliphatic rings. The van der Waals surface area contributed by atoms with Crippen LogP contribution in [0.1, 0.15) is 28.9 Å². The number of Topliss-reactive ketones (excluding diaryl/α,β-unsaturated/α-hetero) is 1. The largest absolute Gasteiger partial charge is 0.326 e. The van der Waals surface area contributed by atoms with E-state index in [9.17, 15) is 4.79 Å². The zero-order valence-corrected chi connectivity index (χ0v) is 10.5. The van der Waals surface area contributed by atoms with E-state index in [1.54, 1.807) is 4.68 Å². The van der Waals surface area contributed by atoms with E-state index in [0.717, 1.165) is 29.3 Å². The highest BCUT2D eigenvalue weighted by molar-refractivity contribution is 6.08. The molecule has 0 unspecified atom stereocenters. The van der Waals surface area contributed by atoms with Crippen molar-refractivity contribution in [2.24, 2.45) is 11.7 Å². The van der Waals surface area contributed by atoms with Crippen LogP contribution in [0.2, 0.25) is 0 Å². The number of nitrogens with two attached hydrogens (primary N) is 1. The van der Waals surface area contributed by atoms with Crippen LogP contribution in [0, 0.1) is 17.2 Å². The van der Waals surface area contributed by atoms with Gasteiger partial charge in [0.1, 0.15) is 12.2 Å². The van der Waals surface area contributed by atoms with Crippen molar-refractivity contribution in [2.75, 3.05) is 0 Å². The maximum absolute atomic E-state index is 12.2. The summed E-state index contributed by atoms with van der Waals surface area (Å²) >= 11 is 0. The van der Waals surface area contributed by atoms with Gasteiger partial charge in [0.25, 0.3) is 0 Å². The van der Waals surface area contributed by atoms with E-state index in [2.05, 4.69) is 11.2 Å². The summed E-state index contributed by atoms with van der Waals surface area (Å²) in [6.45, 7) is 0.497. The lowest BCUT2D eigenvalue weighted by Gasteiger charge is -2.02. The average Bonchev–Trinajstić information content (AvgIpc) is 3.21. The Morgan fingerprint density at radius 2 is 2.32 bits per heavy atom. The minimum atomic E-state index is 0.0934. The molecule has 2 N–H and O–H groups in total. The summed E-state index contributed by atoms with van der Waals surface area (Å²) in [6.07, 6.45) is 1.89. The van der Waals surface area contributed by atoms with Gasteiger partial charge in [0.05, 0.1) is 11.6 Å². The van der Waals surface area contributed by atoms with Crippen molar-refractivity contribution in [3.05, 3.63) is 29.5 Å². The first-order valence-electron chi connectivity index (χ1n) is 6.36. The number of rotatable bonds is 4. The molecule has 0 aliphatic heterocycles. The molecule has 1 aromatic heterocycles. The number of nitrogens with zero attached hydrogens (tertiary/aromatic N) is 3. The number of carbonyl (C=O) groups is 1. The minimum absolute atomic E-state index is 0.0934. The molecule has 1 saturated carbocycles. The van der Waals surface area contributed by atoms with Gasteiger partial charge in [0.15, 0.2) is 5.78 Å². The predicted octanol–water partition coefficient (Wildman–Crippen LogP) is 1.61. The number of aromatic nitrogens is 2. The van der Waals surface area contributed by atoms with Crippen molar-refractivity contribution in [3.63, 3.8) is 0 Å². The summed E-state index contributed by atoms with van der Waals surface area (Å²) in [6, 6.07) is 7.74. The average molecular weight is 254 g/mol. The topological polar surface area (TPSA) is 84.7 Å². The third-order valence-corrected chi connectivity index (χ3v) is 3.48. The summed E-state index contributed by atoms with van der Waals surface area (Å²) in [5.41, 5.74) is 7.95. The quantitative estimate of drug-likeness (QED) is 0.840. The number of benzene rings is 1. The summed E-state index contributed by atoms with van der Waals surface area (Å²) in [5, 5.41) is 14.0. The SMILES string of the molecule is N#CCn1nc(C(=O)C2CC2)c2cccc(CN)c21. The predicted molar refractivity (Wildman–Crippen MR) is 70.3 cm³/mol. The Hall–Kier alpha value is -2.19. The summed E-state index contributed by atoms with van der Waals surface area (Å²) in [4.78, 5) is 12.2. The van der Waals surface area contributed by atoms with Crippen molar-refractivity contribution in [3.8, 4) is 6.07 Å². The number of ketones is 1. The van der Waals surface area contributed by atoms with Gasteiger partial charge in [0.2, 0.25) is 0 Å². The molecule has 0 spiro atoms. The first-order valence-corrected chi connectivity index (χ1v) is 6.36. The molecule has 96 valence electrons. The van der Waals surface area contributed by atoms with Gasteiger partial charge < -0.3 is 5.73 Å². The summed E-state index contributed by atoms with van der Waals surface area (Å²) in [5.74, 6) is 0.214. The van der Waals surface area contributed by atoms with Crippen molar-refractivity contribution in [2.45, 2.75) is 25.9 Å². The Balaban J connectivity index is 2.23. The molecule has 2 aromatic rings. The molecular formula is C14H14N4O. The summed E-state index contributed by atoms with van der Waals surface area (Å²) < 4.78 is 1.59. The maximum Gasteiger partial charge on any atom is 0.186 e. The van der Waals surface area contributed by atoms with Gasteiger partial charge in [0, 0.05) is 17.8 Å². The Labute approximate surface area is 110 Å². The second-order valence-corrected chi connectivity index (χ2v) is 4.82. The van der Waals surface area contributed by atoms with E-state index in [0.29, 0.717) is 12.2 Å². The molecule has 0 bridgehead atoms. The molecule has 0 saturated heterocycles. The molecule has 1 fully saturated rings. The first-order chi connectivity index (χ1) is 9.26. The van der Waals surface area contributed by atoms with Gasteiger partial charge in [-0.3, -0.25) is 4.79 Å². The van der Waals surface area contributed by atoms with Crippen LogP contribution in [-0.2, 0) is 13.1 Å². The number of hydrogen-bond donors (Lipinski definition) is 1. The molecule has 19 heavy (non-hydrogen) atoms. The van der Waals surface area contributed by atoms with Crippen LogP contribution in [0.3, 0.4) is 0 Å². The molecule has 5 nitrogen and oxygen atoms in total. The highest BCUT2D eigenvalue weighted by Crippen LogP contribution is 2.34. The lowest BCUT2D eigenvalue weighted by atomic mass is 10.1. The Morgan fingerprint density at radius 1 is 1.53 bits per heavy atom. The van der Waals surface area contributed by atoms with Crippen LogP contribution in [0.25, 0.3) is 10.9 Å². The third kappa shape index (κ3) is 1.90. The number of hydrogen-bond acceptors (Lipinski definition) is 4. The van der Waals surface area contributed by atoms with E-state index in [4.69, 9.17) is 11.0 Å². The Bertz CT molecular complexity index is 691. The lowest BCUT2D eigenvalue weighted by Crippen LogP contribution is -2.05. The first kappa shape index (κ1) is 11.9. The minimum Gasteiger partial charge on any atom is -0.326 e. The Morgan fingerprint density at radius 3 is 2.95 bits per heavy atom. The van der Waals surface area contributed by atoms with Crippen LogP contribution in [0.5, 0.6) is 0 Å². The zero-order valence-electron chi connectivity index (χ0n) is 10.5. The van der Waals surface area contributed by atoms with Gasteiger partial charge in [-0.25, -0.2) is 4.68 Å². The third-order valence-electron chi connectivity index (χ3n) is 3.48. The second-order valence-electron chi connectivity index (χ2n) is 4.82. The molecule has 0 radical (unpaired) electrons. The van der Waals surface area contributed by atoms with Gasteiger partial charge in [-0.1, -0.05) is 18.2 Å². The van der Waals surface area contributed by atoms with Crippen molar-refractivity contribution < 1.29 is 4.79 Å². The van der Waals surface area contributed by atoms with E-state index >= 15 is 0 Å². The molecule has 1 aliphatic carbocycles. The van der Waals surface area contributed by atoms with Crippen molar-refractivity contribution in [1.29, 1.82) is 5.26 Å². The van der Waals surface area contributed by atoms with Crippen LogP contribution in [-0.4, -0.2) is 15.6 Å². The van der Waals surface area contributed by atoms with Crippen LogP contribution < -0.4 is 5.73 Å². The van der Waals surface area contributed by atoms with E-state index < -0.39 is 0 Å². The van der Waals surface area contributed by atoms with E-state index in [1.165, 1.54) is 0 Å². The molecule has 1 aromatic carbocycles. The zero-order chi connectivity index (χ0) is 13.4. The van der Waals surface area contributed by atoms with Gasteiger partial charge in [-0.2, -0.15) is 10.4 Å². The fraction of sp³-hybridized carbons (Fsp3) is 0.357. The second kappa shape index (κ2) is 4.48. The highest BCUT2D eigenvalue weighted by atomic mass is 16.1. The fourth-order valence-electron chi connectivity index (χ4n) is 2.38. The van der Waals surface area contributed by atoms with E-state index in [1.807, 2.05) is 18.2 Å². The number of carbonyl (C=O) groups excluding carboxylic acids is 1. The van der Waals surface area contributed by atoms with Crippen molar-refractivity contribution in [1.82, 2.24) is 9.78 Å². The van der Waals surface area contributed by atoms with Crippen LogP contribution >= 0.6 is 0 Å². The molecule has 5 heteroatoms. The fourth-order valence-corrected chi connectivity index (χ4v) is 2.38. The number of nitriles is 1. The molecular weight excluding hydrogens is 240 g/mol. The van der Waals surface area contributed by atoms with Crippen LogP contribution in [0.15, 0.2) is 18.2 Å². The van der Waals surface area contributed by atoms with Gasteiger partial charge >= 0.3 is 0 Å².